The lowest BCUT2D eigenvalue weighted by Crippen LogP contribution is -2.40. The third-order valence-corrected chi connectivity index (χ3v) is 3.29. The van der Waals surface area contributed by atoms with Gasteiger partial charge < -0.3 is 20.5 Å². The molecule has 2 atom stereocenters. The molecule has 1 rings (SSSR count). The maximum Gasteiger partial charge on any atom is 0.241 e. The second-order valence-corrected chi connectivity index (χ2v) is 4.70. The molecule has 0 spiro atoms. The van der Waals surface area contributed by atoms with Crippen LogP contribution < -0.4 is 20.5 Å². The Morgan fingerprint density at radius 3 is 2.60 bits per heavy atom. The average Bonchev–Trinajstić information content (AvgIpc) is 2.46. The zero-order valence-electron chi connectivity index (χ0n) is 12.6. The molecule has 5 heteroatoms. The molecule has 1 unspecified atom stereocenters. The first-order valence-corrected chi connectivity index (χ1v) is 6.90. The van der Waals surface area contributed by atoms with E-state index in [9.17, 15) is 4.79 Å². The highest BCUT2D eigenvalue weighted by atomic mass is 16.5. The molecule has 0 aliphatic carbocycles. The molecule has 112 valence electrons. The van der Waals surface area contributed by atoms with E-state index in [1.807, 2.05) is 20.8 Å². The number of anilines is 1. The van der Waals surface area contributed by atoms with Crippen LogP contribution in [0, 0.1) is 5.92 Å². The topological polar surface area (TPSA) is 73.6 Å². The standard InChI is InChI=1S/C15H24N2O3/c1-5-10(3)14(16)15(18)17-11-7-8-12(19-4)13(9-11)20-6-2/h7-10,14H,5-6,16H2,1-4H3,(H,17,18)/t10?,14-/m0/s1. The second-order valence-electron chi connectivity index (χ2n) is 4.70. The fraction of sp³-hybridized carbons (Fsp3) is 0.533. The van der Waals surface area contributed by atoms with Crippen molar-refractivity contribution >= 4 is 11.6 Å². The van der Waals surface area contributed by atoms with Crippen LogP contribution in [0.15, 0.2) is 18.2 Å². The highest BCUT2D eigenvalue weighted by molar-refractivity contribution is 5.95. The summed E-state index contributed by atoms with van der Waals surface area (Å²) in [5.41, 5.74) is 6.55. The van der Waals surface area contributed by atoms with Crippen molar-refractivity contribution in [1.82, 2.24) is 0 Å². The van der Waals surface area contributed by atoms with Crippen LogP contribution in [0.2, 0.25) is 0 Å². The Balaban J connectivity index is 2.82. The van der Waals surface area contributed by atoms with Crippen molar-refractivity contribution in [3.8, 4) is 11.5 Å². The summed E-state index contributed by atoms with van der Waals surface area (Å²) in [7, 11) is 1.58. The number of rotatable bonds is 7. The van der Waals surface area contributed by atoms with Gasteiger partial charge >= 0.3 is 0 Å². The van der Waals surface area contributed by atoms with Crippen molar-refractivity contribution in [2.24, 2.45) is 11.7 Å². The molecule has 5 nitrogen and oxygen atoms in total. The molecule has 1 amide bonds. The lowest BCUT2D eigenvalue weighted by molar-refractivity contribution is -0.118. The van der Waals surface area contributed by atoms with Gasteiger partial charge in [0, 0.05) is 11.8 Å². The number of ether oxygens (including phenoxy) is 2. The number of methoxy groups -OCH3 is 1. The zero-order chi connectivity index (χ0) is 15.1. The molecule has 0 aromatic heterocycles. The van der Waals surface area contributed by atoms with Gasteiger partial charge in [0.05, 0.1) is 19.8 Å². The molecular formula is C15H24N2O3. The predicted molar refractivity (Wildman–Crippen MR) is 80.2 cm³/mol. The molecule has 3 N–H and O–H groups in total. The van der Waals surface area contributed by atoms with E-state index in [0.29, 0.717) is 23.8 Å². The Hall–Kier alpha value is -1.75. The second kappa shape index (κ2) is 7.75. The summed E-state index contributed by atoms with van der Waals surface area (Å²) in [4.78, 5) is 12.0. The van der Waals surface area contributed by atoms with Gasteiger partial charge in [-0.05, 0) is 25.0 Å². The number of amides is 1. The fourth-order valence-corrected chi connectivity index (χ4v) is 1.76. The minimum absolute atomic E-state index is 0.139. The van der Waals surface area contributed by atoms with Crippen molar-refractivity contribution in [2.45, 2.75) is 33.2 Å². The molecule has 0 aliphatic heterocycles. The summed E-state index contributed by atoms with van der Waals surface area (Å²) >= 11 is 0. The van der Waals surface area contributed by atoms with Crippen LogP contribution in [0.3, 0.4) is 0 Å². The van der Waals surface area contributed by atoms with Gasteiger partial charge in [-0.3, -0.25) is 4.79 Å². The molecule has 0 bridgehead atoms. The summed E-state index contributed by atoms with van der Waals surface area (Å²) in [6.45, 7) is 6.39. The first kappa shape index (κ1) is 16.3. The number of benzene rings is 1. The number of nitrogens with one attached hydrogen (secondary N) is 1. The van der Waals surface area contributed by atoms with Gasteiger partial charge in [0.2, 0.25) is 5.91 Å². The zero-order valence-corrected chi connectivity index (χ0v) is 12.6. The molecule has 0 saturated heterocycles. The van der Waals surface area contributed by atoms with Gasteiger partial charge in [-0.2, -0.15) is 0 Å². The van der Waals surface area contributed by atoms with Gasteiger partial charge in [-0.15, -0.1) is 0 Å². The highest BCUT2D eigenvalue weighted by Gasteiger charge is 2.19. The third kappa shape index (κ3) is 4.13. The quantitative estimate of drug-likeness (QED) is 0.804. The lowest BCUT2D eigenvalue weighted by atomic mass is 9.99. The average molecular weight is 280 g/mol. The van der Waals surface area contributed by atoms with E-state index in [2.05, 4.69) is 5.32 Å². The van der Waals surface area contributed by atoms with Crippen LogP contribution in [0.5, 0.6) is 11.5 Å². The molecule has 20 heavy (non-hydrogen) atoms. The third-order valence-electron chi connectivity index (χ3n) is 3.29. The van der Waals surface area contributed by atoms with E-state index in [4.69, 9.17) is 15.2 Å². The summed E-state index contributed by atoms with van der Waals surface area (Å²) in [5.74, 6) is 1.19. The first-order valence-electron chi connectivity index (χ1n) is 6.90. The molecule has 0 saturated carbocycles. The largest absolute Gasteiger partial charge is 0.493 e. The highest BCUT2D eigenvalue weighted by Crippen LogP contribution is 2.30. The van der Waals surface area contributed by atoms with Gasteiger partial charge in [-0.25, -0.2) is 0 Å². The fourth-order valence-electron chi connectivity index (χ4n) is 1.76. The summed E-state index contributed by atoms with van der Waals surface area (Å²) in [6, 6.07) is 4.75. The van der Waals surface area contributed by atoms with Gasteiger partial charge in [0.25, 0.3) is 0 Å². The number of carbonyl (C=O) groups excluding carboxylic acids is 1. The van der Waals surface area contributed by atoms with Crippen molar-refractivity contribution in [3.63, 3.8) is 0 Å². The SMILES string of the molecule is CCOc1cc(NC(=O)[C@@H](N)C(C)CC)ccc1OC. The van der Waals surface area contributed by atoms with Crippen molar-refractivity contribution in [1.29, 1.82) is 0 Å². The number of nitrogens with two attached hydrogens (primary N) is 1. The molecule has 1 aromatic rings. The minimum atomic E-state index is -0.516. The summed E-state index contributed by atoms with van der Waals surface area (Å²) in [5, 5.41) is 2.81. The maximum absolute atomic E-state index is 12.0. The molecule has 0 aliphatic rings. The lowest BCUT2D eigenvalue weighted by Gasteiger charge is -2.18. The summed E-state index contributed by atoms with van der Waals surface area (Å²) < 4.78 is 10.7. The van der Waals surface area contributed by atoms with Gasteiger partial charge in [0.1, 0.15) is 0 Å². The number of hydrogen-bond donors (Lipinski definition) is 2. The van der Waals surface area contributed by atoms with Crippen LogP contribution in [0.25, 0.3) is 0 Å². The van der Waals surface area contributed by atoms with E-state index in [1.165, 1.54) is 0 Å². The van der Waals surface area contributed by atoms with Crippen LogP contribution in [-0.2, 0) is 4.79 Å². The number of hydrogen-bond acceptors (Lipinski definition) is 4. The van der Waals surface area contributed by atoms with E-state index < -0.39 is 6.04 Å². The normalized spacial score (nSPS) is 13.4. The van der Waals surface area contributed by atoms with Crippen molar-refractivity contribution in [3.05, 3.63) is 18.2 Å². The van der Waals surface area contributed by atoms with E-state index in [1.54, 1.807) is 25.3 Å². The molecule has 1 aromatic carbocycles. The minimum Gasteiger partial charge on any atom is -0.493 e. The van der Waals surface area contributed by atoms with Crippen molar-refractivity contribution in [2.75, 3.05) is 19.0 Å². The molecular weight excluding hydrogens is 256 g/mol. The summed E-state index contributed by atoms with van der Waals surface area (Å²) in [6.07, 6.45) is 0.862. The monoisotopic (exact) mass is 280 g/mol. The van der Waals surface area contributed by atoms with Crippen LogP contribution in [0.1, 0.15) is 27.2 Å². The van der Waals surface area contributed by atoms with Crippen LogP contribution in [0.4, 0.5) is 5.69 Å². The van der Waals surface area contributed by atoms with Crippen LogP contribution in [-0.4, -0.2) is 25.7 Å². The Morgan fingerprint density at radius 1 is 1.35 bits per heavy atom. The van der Waals surface area contributed by atoms with Crippen molar-refractivity contribution < 1.29 is 14.3 Å². The Morgan fingerprint density at radius 2 is 2.05 bits per heavy atom. The maximum atomic E-state index is 12.0. The smallest absolute Gasteiger partial charge is 0.241 e. The van der Waals surface area contributed by atoms with Gasteiger partial charge in [0.15, 0.2) is 11.5 Å². The predicted octanol–water partition coefficient (Wildman–Crippen LogP) is 2.41. The van der Waals surface area contributed by atoms with E-state index >= 15 is 0 Å². The van der Waals surface area contributed by atoms with E-state index in [0.717, 1.165) is 6.42 Å². The molecule has 0 fully saturated rings. The Kier molecular flexibility index (Phi) is 6.31. The first-order chi connectivity index (χ1) is 9.53. The molecule has 0 radical (unpaired) electrons. The van der Waals surface area contributed by atoms with E-state index in [-0.39, 0.29) is 11.8 Å². The Labute approximate surface area is 120 Å². The van der Waals surface area contributed by atoms with Gasteiger partial charge in [-0.1, -0.05) is 20.3 Å². The van der Waals surface area contributed by atoms with Crippen LogP contribution >= 0.6 is 0 Å². The number of carbonyl (C=O) groups is 1. The Bertz CT molecular complexity index is 449. The molecule has 0 heterocycles.